The Bertz CT molecular complexity index is 355. The van der Waals surface area contributed by atoms with Crippen LogP contribution in [0.5, 0.6) is 0 Å². The summed E-state index contributed by atoms with van der Waals surface area (Å²) in [6.07, 6.45) is 4.18. The van der Waals surface area contributed by atoms with Crippen molar-refractivity contribution in [1.82, 2.24) is 9.78 Å². The van der Waals surface area contributed by atoms with E-state index in [0.29, 0.717) is 12.2 Å². The van der Waals surface area contributed by atoms with Crippen molar-refractivity contribution in [2.75, 3.05) is 11.5 Å². The van der Waals surface area contributed by atoms with Crippen molar-refractivity contribution in [1.29, 1.82) is 0 Å². The first-order valence-electron chi connectivity index (χ1n) is 3.87. The average Bonchev–Trinajstić information content (AvgIpc) is 2.55. The molecule has 4 nitrogen and oxygen atoms in total. The summed E-state index contributed by atoms with van der Waals surface area (Å²) in [7, 11) is -2.78. The van der Waals surface area contributed by atoms with Crippen LogP contribution in [-0.4, -0.2) is 29.7 Å². The topological polar surface area (TPSA) is 52.0 Å². The van der Waals surface area contributed by atoms with Gasteiger partial charge in [0, 0.05) is 12.4 Å². The first-order valence-corrected chi connectivity index (χ1v) is 5.69. The molecule has 0 spiro atoms. The van der Waals surface area contributed by atoms with E-state index in [2.05, 4.69) is 5.10 Å². The van der Waals surface area contributed by atoms with Gasteiger partial charge in [-0.05, 0) is 12.5 Å². The monoisotopic (exact) mass is 186 g/mol. The Morgan fingerprint density at radius 2 is 2.33 bits per heavy atom. The summed E-state index contributed by atoms with van der Waals surface area (Å²) < 4.78 is 23.9. The normalized spacial score (nSPS) is 27.5. The average molecular weight is 186 g/mol. The number of nitrogens with zero attached hydrogens (tertiary/aromatic N) is 2. The summed E-state index contributed by atoms with van der Waals surface area (Å²) in [6.45, 7) is 0. The van der Waals surface area contributed by atoms with Gasteiger partial charge in [0.1, 0.15) is 0 Å². The molecule has 1 aromatic rings. The molecule has 0 aliphatic carbocycles. The lowest BCUT2D eigenvalue weighted by molar-refractivity contribution is 0.499. The van der Waals surface area contributed by atoms with Crippen molar-refractivity contribution in [3.8, 4) is 0 Å². The molecule has 0 N–H and O–H groups in total. The van der Waals surface area contributed by atoms with E-state index in [-0.39, 0.29) is 11.8 Å². The second-order valence-corrected chi connectivity index (χ2v) is 5.27. The molecule has 1 fully saturated rings. The second kappa shape index (κ2) is 2.58. The SMILES string of the molecule is O=S1(=O)CCC(n2cccn2)C1. The number of rotatable bonds is 1. The van der Waals surface area contributed by atoms with Crippen LogP contribution in [-0.2, 0) is 9.84 Å². The predicted molar refractivity (Wildman–Crippen MR) is 44.5 cm³/mol. The fourth-order valence-corrected chi connectivity index (χ4v) is 3.18. The maximum atomic E-state index is 11.1. The van der Waals surface area contributed by atoms with E-state index in [0.717, 1.165) is 0 Å². The summed E-state index contributed by atoms with van der Waals surface area (Å²) in [5, 5.41) is 4.02. The molecule has 1 aliphatic rings. The van der Waals surface area contributed by atoms with E-state index in [1.807, 2.05) is 12.3 Å². The van der Waals surface area contributed by atoms with Crippen LogP contribution in [0.2, 0.25) is 0 Å². The van der Waals surface area contributed by atoms with Gasteiger partial charge in [-0.1, -0.05) is 0 Å². The van der Waals surface area contributed by atoms with E-state index >= 15 is 0 Å². The lowest BCUT2D eigenvalue weighted by Crippen LogP contribution is -2.11. The fraction of sp³-hybridized carbons (Fsp3) is 0.571. The molecule has 0 aromatic carbocycles. The summed E-state index contributed by atoms with van der Waals surface area (Å²) in [4.78, 5) is 0. The van der Waals surface area contributed by atoms with Gasteiger partial charge in [-0.2, -0.15) is 5.10 Å². The number of hydrogen-bond acceptors (Lipinski definition) is 3. The molecule has 1 aromatic heterocycles. The largest absolute Gasteiger partial charge is 0.269 e. The van der Waals surface area contributed by atoms with Crippen molar-refractivity contribution in [2.24, 2.45) is 0 Å². The zero-order valence-corrected chi connectivity index (χ0v) is 7.37. The Kier molecular flexibility index (Phi) is 1.68. The van der Waals surface area contributed by atoms with Gasteiger partial charge < -0.3 is 0 Å². The zero-order valence-electron chi connectivity index (χ0n) is 6.55. The quantitative estimate of drug-likeness (QED) is 0.631. The summed E-state index contributed by atoms with van der Waals surface area (Å²) >= 11 is 0. The van der Waals surface area contributed by atoms with Gasteiger partial charge in [0.2, 0.25) is 0 Å². The molecule has 12 heavy (non-hydrogen) atoms. The Hall–Kier alpha value is -0.840. The summed E-state index contributed by atoms with van der Waals surface area (Å²) in [5.74, 6) is 0.548. The van der Waals surface area contributed by atoms with E-state index in [1.165, 1.54) is 0 Å². The number of hydrogen-bond donors (Lipinski definition) is 0. The van der Waals surface area contributed by atoms with Gasteiger partial charge in [-0.25, -0.2) is 8.42 Å². The molecular weight excluding hydrogens is 176 g/mol. The zero-order chi connectivity index (χ0) is 8.60. The van der Waals surface area contributed by atoms with Crippen LogP contribution in [0.3, 0.4) is 0 Å². The van der Waals surface area contributed by atoms with E-state index in [9.17, 15) is 8.42 Å². The molecule has 2 rings (SSSR count). The van der Waals surface area contributed by atoms with Crippen molar-refractivity contribution < 1.29 is 8.42 Å². The third-order valence-electron chi connectivity index (χ3n) is 2.11. The highest BCUT2D eigenvalue weighted by Gasteiger charge is 2.28. The number of aromatic nitrogens is 2. The highest BCUT2D eigenvalue weighted by Crippen LogP contribution is 2.21. The highest BCUT2D eigenvalue weighted by atomic mass is 32.2. The summed E-state index contributed by atoms with van der Waals surface area (Å²) in [5.41, 5.74) is 0. The first kappa shape index (κ1) is 7.79. The molecule has 0 radical (unpaired) electrons. The molecule has 1 unspecified atom stereocenters. The Morgan fingerprint density at radius 3 is 2.83 bits per heavy atom. The minimum absolute atomic E-state index is 0.0602. The predicted octanol–water partition coefficient (Wildman–Crippen LogP) is 0.243. The standard InChI is InChI=1S/C7H10N2O2S/c10-12(11)5-2-7(6-12)9-4-1-3-8-9/h1,3-4,7H,2,5-6H2. The third kappa shape index (κ3) is 1.36. The van der Waals surface area contributed by atoms with Crippen molar-refractivity contribution in [2.45, 2.75) is 12.5 Å². The fourth-order valence-electron chi connectivity index (χ4n) is 1.48. The van der Waals surface area contributed by atoms with Gasteiger partial charge in [-0.15, -0.1) is 0 Å². The van der Waals surface area contributed by atoms with Crippen LogP contribution in [0.1, 0.15) is 12.5 Å². The van der Waals surface area contributed by atoms with Crippen molar-refractivity contribution in [3.63, 3.8) is 0 Å². The minimum atomic E-state index is -2.78. The smallest absolute Gasteiger partial charge is 0.152 e. The van der Waals surface area contributed by atoms with Gasteiger partial charge in [0.05, 0.1) is 17.5 Å². The molecule has 1 atom stereocenters. The molecule has 0 amide bonds. The van der Waals surface area contributed by atoms with Crippen LogP contribution in [0.25, 0.3) is 0 Å². The van der Waals surface area contributed by atoms with Gasteiger partial charge in [0.15, 0.2) is 9.84 Å². The Morgan fingerprint density at radius 1 is 1.50 bits per heavy atom. The van der Waals surface area contributed by atoms with Crippen molar-refractivity contribution >= 4 is 9.84 Å². The maximum absolute atomic E-state index is 11.1. The van der Waals surface area contributed by atoms with E-state index in [1.54, 1.807) is 10.9 Å². The van der Waals surface area contributed by atoms with Gasteiger partial charge in [-0.3, -0.25) is 4.68 Å². The third-order valence-corrected chi connectivity index (χ3v) is 3.86. The minimum Gasteiger partial charge on any atom is -0.269 e. The lowest BCUT2D eigenvalue weighted by Gasteiger charge is -2.06. The van der Waals surface area contributed by atoms with Crippen LogP contribution < -0.4 is 0 Å². The second-order valence-electron chi connectivity index (χ2n) is 3.04. The van der Waals surface area contributed by atoms with E-state index in [4.69, 9.17) is 0 Å². The maximum Gasteiger partial charge on any atom is 0.152 e. The van der Waals surface area contributed by atoms with Crippen LogP contribution in [0.15, 0.2) is 18.5 Å². The molecule has 2 heterocycles. The van der Waals surface area contributed by atoms with Crippen LogP contribution >= 0.6 is 0 Å². The lowest BCUT2D eigenvalue weighted by atomic mass is 10.3. The Balaban J connectivity index is 2.21. The van der Waals surface area contributed by atoms with Crippen molar-refractivity contribution in [3.05, 3.63) is 18.5 Å². The molecule has 0 saturated carbocycles. The molecule has 0 bridgehead atoms. The highest BCUT2D eigenvalue weighted by molar-refractivity contribution is 7.91. The van der Waals surface area contributed by atoms with Crippen LogP contribution in [0, 0.1) is 0 Å². The Labute approximate surface area is 71.1 Å². The van der Waals surface area contributed by atoms with Crippen LogP contribution in [0.4, 0.5) is 0 Å². The van der Waals surface area contributed by atoms with E-state index < -0.39 is 9.84 Å². The number of sulfone groups is 1. The van der Waals surface area contributed by atoms with Gasteiger partial charge >= 0.3 is 0 Å². The molecule has 1 saturated heterocycles. The summed E-state index contributed by atoms with van der Waals surface area (Å²) in [6, 6.07) is 1.87. The molecule has 1 aliphatic heterocycles. The van der Waals surface area contributed by atoms with Gasteiger partial charge in [0.25, 0.3) is 0 Å². The molecule has 5 heteroatoms. The molecular formula is C7H10N2O2S. The first-order chi connectivity index (χ1) is 5.67. The molecule has 66 valence electrons.